The molecule has 1 aromatic carbocycles. The first-order chi connectivity index (χ1) is 8.04. The van der Waals surface area contributed by atoms with Gasteiger partial charge in [0.2, 0.25) is 5.91 Å². The Morgan fingerprint density at radius 2 is 2.29 bits per heavy atom. The third kappa shape index (κ3) is 2.14. The Labute approximate surface area is 112 Å². The lowest BCUT2D eigenvalue weighted by atomic mass is 10.2. The van der Waals surface area contributed by atoms with E-state index < -0.39 is 0 Å². The Morgan fingerprint density at radius 3 is 2.94 bits per heavy atom. The maximum Gasteiger partial charge on any atom is 0.242 e. The van der Waals surface area contributed by atoms with Gasteiger partial charge >= 0.3 is 0 Å². The first-order valence-electron chi connectivity index (χ1n) is 5.16. The fourth-order valence-corrected chi connectivity index (χ4v) is 2.54. The topological polar surface area (TPSA) is 49.8 Å². The highest BCUT2D eigenvalue weighted by molar-refractivity contribution is 9.10. The van der Waals surface area contributed by atoms with Gasteiger partial charge in [0.1, 0.15) is 6.04 Å². The van der Waals surface area contributed by atoms with Gasteiger partial charge in [-0.15, -0.1) is 0 Å². The minimum atomic E-state index is -0.331. The molecule has 90 valence electrons. The number of fused-ring (bicyclic) bond motifs is 1. The molecule has 0 saturated carbocycles. The highest BCUT2D eigenvalue weighted by Crippen LogP contribution is 2.22. The van der Waals surface area contributed by atoms with Crippen LogP contribution in [0.4, 0.5) is 0 Å². The highest BCUT2D eigenvalue weighted by atomic mass is 79.9. The number of aromatic nitrogens is 2. The molecular weight excluding hydrogens is 302 g/mol. The molecule has 1 aromatic heterocycles. The summed E-state index contributed by atoms with van der Waals surface area (Å²) >= 11 is 8.66. The summed E-state index contributed by atoms with van der Waals surface area (Å²) < 4.78 is 3.34. The lowest BCUT2D eigenvalue weighted by Crippen LogP contribution is -2.27. The number of nitrogens with one attached hydrogen (secondary N) is 2. The van der Waals surface area contributed by atoms with Crippen molar-refractivity contribution in [3.05, 3.63) is 27.4 Å². The molecule has 0 aliphatic heterocycles. The van der Waals surface area contributed by atoms with Crippen LogP contribution in [0.15, 0.2) is 22.7 Å². The summed E-state index contributed by atoms with van der Waals surface area (Å²) in [6, 6.07) is 5.48. The number of hydrogen-bond donors (Lipinski definition) is 2. The molecule has 2 aromatic rings. The third-order valence-electron chi connectivity index (χ3n) is 2.69. The van der Waals surface area contributed by atoms with Gasteiger partial charge in [-0.05, 0) is 37.3 Å². The van der Waals surface area contributed by atoms with Gasteiger partial charge < -0.3 is 14.9 Å². The van der Waals surface area contributed by atoms with E-state index in [9.17, 15) is 4.79 Å². The van der Waals surface area contributed by atoms with E-state index in [0.717, 1.165) is 15.5 Å². The van der Waals surface area contributed by atoms with Crippen LogP contribution < -0.4 is 5.32 Å². The molecule has 0 spiro atoms. The summed E-state index contributed by atoms with van der Waals surface area (Å²) in [7, 11) is 1.62. The second-order valence-corrected chi connectivity index (χ2v) is 5.05. The van der Waals surface area contributed by atoms with Gasteiger partial charge in [0.25, 0.3) is 0 Å². The van der Waals surface area contributed by atoms with Crippen LogP contribution in [-0.4, -0.2) is 22.5 Å². The van der Waals surface area contributed by atoms with Crippen LogP contribution in [0.1, 0.15) is 13.0 Å². The summed E-state index contributed by atoms with van der Waals surface area (Å²) in [6.45, 7) is 1.82. The summed E-state index contributed by atoms with van der Waals surface area (Å²) in [5, 5.41) is 2.63. The molecule has 0 aliphatic carbocycles. The van der Waals surface area contributed by atoms with Crippen molar-refractivity contribution >= 4 is 45.1 Å². The lowest BCUT2D eigenvalue weighted by molar-refractivity contribution is -0.123. The molecular formula is C11H12BrN3OS. The molecule has 4 nitrogen and oxygen atoms in total. The second-order valence-electron chi connectivity index (χ2n) is 3.75. The predicted octanol–water partition coefficient (Wildman–Crippen LogP) is 2.77. The Morgan fingerprint density at radius 1 is 1.59 bits per heavy atom. The summed E-state index contributed by atoms with van der Waals surface area (Å²) in [4.78, 5) is 14.8. The maximum atomic E-state index is 11.7. The van der Waals surface area contributed by atoms with E-state index in [1.165, 1.54) is 0 Å². The van der Waals surface area contributed by atoms with E-state index in [1.54, 1.807) is 7.05 Å². The van der Waals surface area contributed by atoms with Gasteiger partial charge in [0.15, 0.2) is 4.77 Å². The molecule has 1 atom stereocenters. The van der Waals surface area contributed by atoms with Crippen molar-refractivity contribution in [1.29, 1.82) is 0 Å². The van der Waals surface area contributed by atoms with Gasteiger partial charge in [-0.25, -0.2) is 0 Å². The van der Waals surface area contributed by atoms with Crippen molar-refractivity contribution in [2.75, 3.05) is 7.05 Å². The number of imidazole rings is 1. The average Bonchev–Trinajstić information content (AvgIpc) is 2.62. The van der Waals surface area contributed by atoms with Crippen molar-refractivity contribution in [3.8, 4) is 0 Å². The first kappa shape index (κ1) is 12.3. The van der Waals surface area contributed by atoms with Crippen LogP contribution in [0.2, 0.25) is 0 Å². The van der Waals surface area contributed by atoms with Gasteiger partial charge in [0, 0.05) is 11.5 Å². The van der Waals surface area contributed by atoms with Crippen LogP contribution in [-0.2, 0) is 4.79 Å². The average molecular weight is 314 g/mol. The smallest absolute Gasteiger partial charge is 0.242 e. The molecule has 0 bridgehead atoms. The van der Waals surface area contributed by atoms with Crippen LogP contribution in [0.5, 0.6) is 0 Å². The number of aromatic amines is 1. The van der Waals surface area contributed by atoms with E-state index in [-0.39, 0.29) is 11.9 Å². The predicted molar refractivity (Wildman–Crippen MR) is 73.6 cm³/mol. The number of H-pyrrole nitrogens is 1. The monoisotopic (exact) mass is 313 g/mol. The van der Waals surface area contributed by atoms with E-state index in [2.05, 4.69) is 26.2 Å². The van der Waals surface area contributed by atoms with Crippen LogP contribution in [0.3, 0.4) is 0 Å². The molecule has 2 N–H and O–H groups in total. The maximum absolute atomic E-state index is 11.7. The van der Waals surface area contributed by atoms with Crippen molar-refractivity contribution < 1.29 is 4.79 Å². The van der Waals surface area contributed by atoms with Gasteiger partial charge in [-0.2, -0.15) is 0 Å². The first-order valence-corrected chi connectivity index (χ1v) is 6.36. The Balaban J connectivity index is 2.65. The van der Waals surface area contributed by atoms with E-state index in [1.807, 2.05) is 29.7 Å². The molecule has 0 aliphatic rings. The summed E-state index contributed by atoms with van der Waals surface area (Å²) in [5.41, 5.74) is 1.84. The number of carbonyl (C=O) groups is 1. The SMILES string of the molecule is CNC(=O)C(C)n1c(=S)[nH]c2cc(Br)ccc21. The van der Waals surface area contributed by atoms with Crippen LogP contribution in [0, 0.1) is 4.77 Å². The van der Waals surface area contributed by atoms with E-state index >= 15 is 0 Å². The Hall–Kier alpha value is -1.14. The number of halogens is 1. The fraction of sp³-hybridized carbons (Fsp3) is 0.273. The highest BCUT2D eigenvalue weighted by Gasteiger charge is 2.17. The fourth-order valence-electron chi connectivity index (χ4n) is 1.81. The molecule has 1 heterocycles. The Bertz CT molecular complexity index is 631. The quantitative estimate of drug-likeness (QED) is 0.838. The van der Waals surface area contributed by atoms with Crippen molar-refractivity contribution in [1.82, 2.24) is 14.9 Å². The summed E-state index contributed by atoms with van der Waals surface area (Å²) in [6.07, 6.45) is 0. The number of nitrogens with zero attached hydrogens (tertiary/aromatic N) is 1. The normalized spacial score (nSPS) is 12.6. The largest absolute Gasteiger partial charge is 0.357 e. The number of likely N-dealkylation sites (N-methyl/N-ethyl adjacent to an activating group) is 1. The third-order valence-corrected chi connectivity index (χ3v) is 3.48. The number of amides is 1. The van der Waals surface area contributed by atoms with Crippen molar-refractivity contribution in [2.24, 2.45) is 0 Å². The van der Waals surface area contributed by atoms with E-state index in [4.69, 9.17) is 12.2 Å². The minimum absolute atomic E-state index is 0.0649. The molecule has 17 heavy (non-hydrogen) atoms. The lowest BCUT2D eigenvalue weighted by Gasteiger charge is -2.12. The molecule has 1 amide bonds. The van der Waals surface area contributed by atoms with Crippen molar-refractivity contribution in [2.45, 2.75) is 13.0 Å². The molecule has 2 rings (SSSR count). The van der Waals surface area contributed by atoms with E-state index in [0.29, 0.717) is 4.77 Å². The molecule has 0 radical (unpaired) electrons. The number of hydrogen-bond acceptors (Lipinski definition) is 2. The van der Waals surface area contributed by atoms with Crippen molar-refractivity contribution in [3.63, 3.8) is 0 Å². The Kier molecular flexibility index (Phi) is 3.35. The molecule has 1 unspecified atom stereocenters. The van der Waals surface area contributed by atoms with Crippen LogP contribution in [0.25, 0.3) is 11.0 Å². The second kappa shape index (κ2) is 4.62. The van der Waals surface area contributed by atoms with Gasteiger partial charge in [-0.3, -0.25) is 4.79 Å². The zero-order valence-corrected chi connectivity index (χ0v) is 11.9. The zero-order valence-electron chi connectivity index (χ0n) is 9.45. The van der Waals surface area contributed by atoms with Gasteiger partial charge in [-0.1, -0.05) is 15.9 Å². The summed E-state index contributed by atoms with van der Waals surface area (Å²) in [5.74, 6) is -0.0649. The molecule has 0 fully saturated rings. The standard InChI is InChI=1S/C11H12BrN3OS/c1-6(10(16)13-2)15-9-4-3-7(12)5-8(9)14-11(15)17/h3-6H,1-2H3,(H,13,16)(H,14,17). The van der Waals surface area contributed by atoms with Crippen LogP contribution >= 0.6 is 28.1 Å². The number of benzene rings is 1. The number of carbonyl (C=O) groups excluding carboxylic acids is 1. The molecule has 0 saturated heterocycles. The molecule has 6 heteroatoms. The van der Waals surface area contributed by atoms with Gasteiger partial charge in [0.05, 0.1) is 11.0 Å². The minimum Gasteiger partial charge on any atom is -0.357 e. The zero-order chi connectivity index (χ0) is 12.6. The number of rotatable bonds is 2.